The number of carbonyl (C=O) groups excluding carboxylic acids is 2. The Morgan fingerprint density at radius 2 is 1.93 bits per heavy atom. The monoisotopic (exact) mass is 408 g/mol. The molecule has 7 nitrogen and oxygen atoms in total. The summed E-state index contributed by atoms with van der Waals surface area (Å²) in [7, 11) is 0. The van der Waals surface area contributed by atoms with Crippen LogP contribution in [-0.4, -0.2) is 59.2 Å². The molecule has 158 valence electrons. The number of amides is 2. The highest BCUT2D eigenvalue weighted by molar-refractivity contribution is 6.13. The molecule has 30 heavy (non-hydrogen) atoms. The molecule has 3 aliphatic rings. The fourth-order valence-electron chi connectivity index (χ4n) is 3.91. The first-order chi connectivity index (χ1) is 14.5. The summed E-state index contributed by atoms with van der Waals surface area (Å²) in [6, 6.07) is 7.32. The lowest BCUT2D eigenvalue weighted by molar-refractivity contribution is -0.132. The molecule has 1 aromatic carbocycles. The Balaban J connectivity index is 1.32. The van der Waals surface area contributed by atoms with Gasteiger partial charge < -0.3 is 10.1 Å². The van der Waals surface area contributed by atoms with E-state index in [1.807, 2.05) is 24.3 Å². The van der Waals surface area contributed by atoms with Gasteiger partial charge in [0.25, 0.3) is 5.91 Å². The second kappa shape index (κ2) is 8.83. The topological polar surface area (TPSA) is 74.2 Å². The molecule has 3 aliphatic heterocycles. The van der Waals surface area contributed by atoms with Crippen molar-refractivity contribution < 1.29 is 14.3 Å². The molecule has 0 bridgehead atoms. The molecule has 0 aromatic heterocycles. The number of anilines is 1. The highest BCUT2D eigenvalue weighted by atomic mass is 16.5. The van der Waals surface area contributed by atoms with Crippen molar-refractivity contribution in [1.82, 2.24) is 9.80 Å². The quantitative estimate of drug-likeness (QED) is 0.785. The third-order valence-corrected chi connectivity index (χ3v) is 5.69. The van der Waals surface area contributed by atoms with E-state index in [0.717, 1.165) is 25.4 Å². The van der Waals surface area contributed by atoms with Crippen LogP contribution in [0, 0.1) is 0 Å². The molecule has 1 atom stereocenters. The van der Waals surface area contributed by atoms with Crippen molar-refractivity contribution in [3.63, 3.8) is 0 Å². The number of hydrogen-bond donors (Lipinski definition) is 1. The van der Waals surface area contributed by atoms with Crippen LogP contribution in [0.4, 0.5) is 5.69 Å². The Labute approximate surface area is 177 Å². The predicted octanol–water partition coefficient (Wildman–Crippen LogP) is 2.96. The van der Waals surface area contributed by atoms with E-state index >= 15 is 0 Å². The number of hydrogen-bond acceptors (Lipinski definition) is 5. The summed E-state index contributed by atoms with van der Waals surface area (Å²) in [5.41, 5.74) is -0.485. The molecule has 1 fully saturated rings. The average Bonchev–Trinajstić information content (AvgIpc) is 2.75. The van der Waals surface area contributed by atoms with Crippen molar-refractivity contribution in [2.45, 2.75) is 38.1 Å². The summed E-state index contributed by atoms with van der Waals surface area (Å²) >= 11 is 0. The molecule has 1 aromatic rings. The standard InChI is InChI=1S/C23H28N4O3/c1-23(17-21(28)27-14-6-3-7-20(27)25-23)22(29)24-18-8-10-19(11-9-18)30-16-15-26-12-4-2-5-13-26/h3,6-11,14H,2,4-5,12-13,15-17H2,1H3,(H,24,29)/t23-/m1/s1. The minimum Gasteiger partial charge on any atom is -0.492 e. The van der Waals surface area contributed by atoms with E-state index in [-0.39, 0.29) is 18.2 Å². The van der Waals surface area contributed by atoms with Gasteiger partial charge in [-0.1, -0.05) is 12.5 Å². The van der Waals surface area contributed by atoms with E-state index in [9.17, 15) is 9.59 Å². The largest absolute Gasteiger partial charge is 0.492 e. The van der Waals surface area contributed by atoms with Gasteiger partial charge in [-0.2, -0.15) is 0 Å². The Morgan fingerprint density at radius 3 is 2.70 bits per heavy atom. The van der Waals surface area contributed by atoms with Gasteiger partial charge in [-0.3, -0.25) is 24.4 Å². The van der Waals surface area contributed by atoms with Crippen LogP contribution in [0.5, 0.6) is 5.75 Å². The molecule has 0 unspecified atom stereocenters. The number of benzene rings is 1. The highest BCUT2D eigenvalue weighted by Gasteiger charge is 2.41. The molecule has 2 amide bonds. The molecule has 1 N–H and O–H groups in total. The number of rotatable bonds is 6. The highest BCUT2D eigenvalue weighted by Crippen LogP contribution is 2.27. The lowest BCUT2D eigenvalue weighted by Gasteiger charge is -2.34. The van der Waals surface area contributed by atoms with Gasteiger partial charge in [0.05, 0.1) is 6.42 Å². The van der Waals surface area contributed by atoms with Crippen LogP contribution in [-0.2, 0) is 9.59 Å². The number of aliphatic imine (C=N–C) groups is 1. The number of ether oxygens (including phenoxy) is 1. The van der Waals surface area contributed by atoms with Crippen molar-refractivity contribution in [3.8, 4) is 5.75 Å². The number of allylic oxidation sites excluding steroid dienone is 2. The van der Waals surface area contributed by atoms with Crippen molar-refractivity contribution in [1.29, 1.82) is 0 Å². The summed E-state index contributed by atoms with van der Waals surface area (Å²) < 4.78 is 5.84. The number of nitrogens with zero attached hydrogens (tertiary/aromatic N) is 3. The maximum Gasteiger partial charge on any atom is 0.252 e. The minimum absolute atomic E-state index is 0.0260. The van der Waals surface area contributed by atoms with Crippen LogP contribution in [0.3, 0.4) is 0 Å². The minimum atomic E-state index is -1.14. The molecule has 0 radical (unpaired) electrons. The predicted molar refractivity (Wildman–Crippen MR) is 116 cm³/mol. The van der Waals surface area contributed by atoms with E-state index in [1.54, 1.807) is 31.4 Å². The fraction of sp³-hybridized carbons (Fsp3) is 0.435. The Bertz CT molecular complexity index is 884. The van der Waals surface area contributed by atoms with Gasteiger partial charge in [0.1, 0.15) is 23.7 Å². The maximum absolute atomic E-state index is 12.9. The first kappa shape index (κ1) is 20.3. The first-order valence-electron chi connectivity index (χ1n) is 10.6. The lowest BCUT2D eigenvalue weighted by Crippen LogP contribution is -2.50. The van der Waals surface area contributed by atoms with E-state index in [2.05, 4.69) is 15.2 Å². The zero-order valence-corrected chi connectivity index (χ0v) is 17.3. The van der Waals surface area contributed by atoms with Crippen molar-refractivity contribution in [3.05, 3.63) is 48.7 Å². The number of amidine groups is 1. The van der Waals surface area contributed by atoms with Crippen LogP contribution >= 0.6 is 0 Å². The second-order valence-corrected chi connectivity index (χ2v) is 8.11. The molecule has 7 heteroatoms. The molecule has 0 spiro atoms. The van der Waals surface area contributed by atoms with Crippen LogP contribution in [0.1, 0.15) is 32.6 Å². The summed E-state index contributed by atoms with van der Waals surface area (Å²) in [6.07, 6.45) is 10.9. The molecule has 3 heterocycles. The normalized spacial score (nSPS) is 23.7. The smallest absolute Gasteiger partial charge is 0.252 e. The Hall–Kier alpha value is -2.93. The zero-order valence-electron chi connectivity index (χ0n) is 17.3. The van der Waals surface area contributed by atoms with Gasteiger partial charge in [-0.25, -0.2) is 0 Å². The first-order valence-corrected chi connectivity index (χ1v) is 10.6. The number of nitrogens with one attached hydrogen (secondary N) is 1. The number of likely N-dealkylation sites (tertiary alicyclic amines) is 1. The maximum atomic E-state index is 12.9. The summed E-state index contributed by atoms with van der Waals surface area (Å²) in [5.74, 6) is 0.823. The van der Waals surface area contributed by atoms with Crippen molar-refractivity contribution in [2.75, 3.05) is 31.6 Å². The SMILES string of the molecule is C[C@]1(C(=O)Nc2ccc(OCCN3CCCCC3)cc2)CC(=O)N2C=CC=CC2=N1. The molecule has 4 rings (SSSR count). The Kier molecular flexibility index (Phi) is 5.99. The summed E-state index contributed by atoms with van der Waals surface area (Å²) in [6.45, 7) is 5.59. The van der Waals surface area contributed by atoms with Gasteiger partial charge in [-0.05, 0) is 69.3 Å². The van der Waals surface area contributed by atoms with E-state index in [1.165, 1.54) is 24.2 Å². The molecule has 0 saturated carbocycles. The van der Waals surface area contributed by atoms with E-state index in [4.69, 9.17) is 4.74 Å². The summed E-state index contributed by atoms with van der Waals surface area (Å²) in [5, 5.41) is 2.88. The van der Waals surface area contributed by atoms with Gasteiger partial charge in [-0.15, -0.1) is 0 Å². The number of piperidine rings is 1. The van der Waals surface area contributed by atoms with Gasteiger partial charge in [0, 0.05) is 18.4 Å². The van der Waals surface area contributed by atoms with Gasteiger partial charge >= 0.3 is 0 Å². The molecular weight excluding hydrogens is 380 g/mol. The molecule has 0 aliphatic carbocycles. The number of fused-ring (bicyclic) bond motifs is 1. The fourth-order valence-corrected chi connectivity index (χ4v) is 3.91. The Morgan fingerprint density at radius 1 is 1.17 bits per heavy atom. The summed E-state index contributed by atoms with van der Waals surface area (Å²) in [4.78, 5) is 33.7. The molecule has 1 saturated heterocycles. The van der Waals surface area contributed by atoms with E-state index < -0.39 is 5.54 Å². The lowest BCUT2D eigenvalue weighted by atomic mass is 9.94. The van der Waals surface area contributed by atoms with Crippen LogP contribution in [0.25, 0.3) is 0 Å². The van der Waals surface area contributed by atoms with Crippen molar-refractivity contribution in [2.24, 2.45) is 4.99 Å². The van der Waals surface area contributed by atoms with Crippen molar-refractivity contribution >= 4 is 23.3 Å². The van der Waals surface area contributed by atoms with E-state index in [0.29, 0.717) is 18.1 Å². The van der Waals surface area contributed by atoms with Crippen LogP contribution in [0.2, 0.25) is 0 Å². The van der Waals surface area contributed by atoms with Crippen LogP contribution < -0.4 is 10.1 Å². The third kappa shape index (κ3) is 4.62. The second-order valence-electron chi connectivity index (χ2n) is 8.11. The average molecular weight is 409 g/mol. The van der Waals surface area contributed by atoms with Gasteiger partial charge in [0.15, 0.2) is 0 Å². The molecular formula is C23H28N4O3. The van der Waals surface area contributed by atoms with Gasteiger partial charge in [0.2, 0.25) is 5.91 Å². The number of carbonyl (C=O) groups is 2. The third-order valence-electron chi connectivity index (χ3n) is 5.69. The zero-order chi connectivity index (χ0) is 21.0. The van der Waals surface area contributed by atoms with Crippen LogP contribution in [0.15, 0.2) is 53.7 Å².